The Balaban J connectivity index is 1.86. The van der Waals surface area contributed by atoms with Crippen molar-refractivity contribution in [3.05, 3.63) is 66.0 Å². The molecule has 5 nitrogen and oxygen atoms in total. The molecule has 1 amide bonds. The van der Waals surface area contributed by atoms with Crippen LogP contribution in [0.2, 0.25) is 0 Å². The third kappa shape index (κ3) is 5.64. The fraction of sp³-hybridized carbons (Fsp3) is 0.316. The van der Waals surface area contributed by atoms with E-state index < -0.39 is 15.8 Å². The zero-order chi connectivity index (χ0) is 19.2. The molecule has 0 aliphatic rings. The van der Waals surface area contributed by atoms with Gasteiger partial charge in [0.25, 0.3) is 0 Å². The highest BCUT2D eigenvalue weighted by Gasteiger charge is 2.23. The summed E-state index contributed by atoms with van der Waals surface area (Å²) in [6.07, 6.45) is 1.58. The Morgan fingerprint density at radius 2 is 1.73 bits per heavy atom. The smallest absolute Gasteiger partial charge is 0.243 e. The Morgan fingerprint density at radius 3 is 2.35 bits per heavy atom. The third-order valence-electron chi connectivity index (χ3n) is 4.00. The van der Waals surface area contributed by atoms with Crippen LogP contribution in [-0.2, 0) is 21.2 Å². The molecule has 0 heterocycles. The van der Waals surface area contributed by atoms with Crippen LogP contribution in [0.25, 0.3) is 0 Å². The van der Waals surface area contributed by atoms with Crippen LogP contribution in [0.1, 0.15) is 18.9 Å². The summed E-state index contributed by atoms with van der Waals surface area (Å²) >= 11 is 0. The maximum Gasteiger partial charge on any atom is 0.243 e. The number of halogens is 1. The van der Waals surface area contributed by atoms with E-state index in [0.29, 0.717) is 0 Å². The maximum atomic E-state index is 13.0. The lowest BCUT2D eigenvalue weighted by Gasteiger charge is -2.19. The van der Waals surface area contributed by atoms with E-state index in [0.717, 1.165) is 29.3 Å². The molecule has 1 unspecified atom stereocenters. The number of carbonyl (C=O) groups excluding carboxylic acids is 1. The van der Waals surface area contributed by atoms with Gasteiger partial charge in [0.2, 0.25) is 15.9 Å². The van der Waals surface area contributed by atoms with Crippen LogP contribution >= 0.6 is 0 Å². The average molecular weight is 378 g/mol. The van der Waals surface area contributed by atoms with E-state index in [9.17, 15) is 17.6 Å². The molecule has 2 aromatic rings. The van der Waals surface area contributed by atoms with Crippen molar-refractivity contribution in [2.45, 2.75) is 30.7 Å². The predicted octanol–water partition coefficient (Wildman–Crippen LogP) is 2.58. The number of nitrogens with one attached hydrogen (secondary N) is 1. The van der Waals surface area contributed by atoms with Crippen molar-refractivity contribution >= 4 is 15.9 Å². The van der Waals surface area contributed by atoms with Crippen molar-refractivity contribution in [3.63, 3.8) is 0 Å². The quantitative estimate of drug-likeness (QED) is 0.768. The van der Waals surface area contributed by atoms with Crippen molar-refractivity contribution in [1.29, 1.82) is 0 Å². The minimum absolute atomic E-state index is 0.0497. The number of carbonyl (C=O) groups is 1. The lowest BCUT2D eigenvalue weighted by atomic mass is 10.1. The van der Waals surface area contributed by atoms with Gasteiger partial charge in [-0.25, -0.2) is 12.8 Å². The normalized spacial score (nSPS) is 12.8. The molecule has 2 rings (SSSR count). The monoisotopic (exact) mass is 378 g/mol. The van der Waals surface area contributed by atoms with Gasteiger partial charge < -0.3 is 5.32 Å². The van der Waals surface area contributed by atoms with Gasteiger partial charge in [-0.15, -0.1) is 0 Å². The van der Waals surface area contributed by atoms with E-state index >= 15 is 0 Å². The number of nitrogens with zero attached hydrogens (tertiary/aromatic N) is 1. The van der Waals surface area contributed by atoms with Crippen LogP contribution in [-0.4, -0.2) is 38.3 Å². The Morgan fingerprint density at radius 1 is 1.12 bits per heavy atom. The summed E-state index contributed by atoms with van der Waals surface area (Å²) in [5, 5.41) is 2.81. The summed E-state index contributed by atoms with van der Waals surface area (Å²) in [5.74, 6) is -0.893. The number of benzene rings is 2. The molecule has 0 aromatic heterocycles. The predicted molar refractivity (Wildman–Crippen MR) is 98.6 cm³/mol. The van der Waals surface area contributed by atoms with Crippen LogP contribution in [0.5, 0.6) is 0 Å². The van der Waals surface area contributed by atoms with Gasteiger partial charge in [0, 0.05) is 13.1 Å². The first-order chi connectivity index (χ1) is 12.3. The highest BCUT2D eigenvalue weighted by molar-refractivity contribution is 7.89. The molecule has 0 saturated heterocycles. The molecule has 0 aliphatic heterocycles. The first-order valence-corrected chi connectivity index (χ1v) is 9.78. The van der Waals surface area contributed by atoms with Gasteiger partial charge in [0.05, 0.1) is 11.4 Å². The van der Waals surface area contributed by atoms with E-state index in [2.05, 4.69) is 5.32 Å². The van der Waals surface area contributed by atoms with E-state index in [1.165, 1.54) is 24.7 Å². The SMILES string of the molecule is CC(CCc1ccccc1)NC(=O)CN(C)S(=O)(=O)c1ccc(F)cc1. The van der Waals surface area contributed by atoms with Crippen molar-refractivity contribution in [2.75, 3.05) is 13.6 Å². The highest BCUT2D eigenvalue weighted by atomic mass is 32.2. The molecule has 140 valence electrons. The lowest BCUT2D eigenvalue weighted by Crippen LogP contribution is -2.41. The summed E-state index contributed by atoms with van der Waals surface area (Å²) < 4.78 is 38.7. The summed E-state index contributed by atoms with van der Waals surface area (Å²) in [6.45, 7) is 1.59. The third-order valence-corrected chi connectivity index (χ3v) is 5.82. The second kappa shape index (κ2) is 8.91. The zero-order valence-corrected chi connectivity index (χ0v) is 15.7. The highest BCUT2D eigenvalue weighted by Crippen LogP contribution is 2.14. The minimum atomic E-state index is -3.84. The Bertz CT molecular complexity index is 824. The fourth-order valence-electron chi connectivity index (χ4n) is 2.49. The topological polar surface area (TPSA) is 66.5 Å². The van der Waals surface area contributed by atoms with Gasteiger partial charge in [-0.2, -0.15) is 4.31 Å². The number of hydrogen-bond donors (Lipinski definition) is 1. The largest absolute Gasteiger partial charge is 0.352 e. The zero-order valence-electron chi connectivity index (χ0n) is 14.9. The van der Waals surface area contributed by atoms with Gasteiger partial charge in [0.1, 0.15) is 5.82 Å². The summed E-state index contributed by atoms with van der Waals surface area (Å²) in [5.41, 5.74) is 1.18. The molecule has 0 saturated carbocycles. The van der Waals surface area contributed by atoms with E-state index in [-0.39, 0.29) is 23.4 Å². The number of likely N-dealkylation sites (N-methyl/N-ethyl adjacent to an activating group) is 1. The molecule has 0 aliphatic carbocycles. The molecule has 0 spiro atoms. The number of sulfonamides is 1. The van der Waals surface area contributed by atoms with Crippen LogP contribution in [0.15, 0.2) is 59.5 Å². The molecule has 0 fully saturated rings. The first kappa shape index (κ1) is 20.1. The van der Waals surface area contributed by atoms with E-state index in [1.54, 1.807) is 0 Å². The standard InChI is InChI=1S/C19H23FN2O3S/c1-15(8-9-16-6-4-3-5-7-16)21-19(23)14-22(2)26(24,25)18-12-10-17(20)11-13-18/h3-7,10-13,15H,8-9,14H2,1-2H3,(H,21,23). The second-order valence-electron chi connectivity index (χ2n) is 6.21. The molecule has 2 aromatic carbocycles. The summed E-state index contributed by atoms with van der Waals surface area (Å²) in [7, 11) is -2.51. The van der Waals surface area contributed by atoms with Crippen LogP contribution in [0, 0.1) is 5.82 Å². The molecule has 7 heteroatoms. The second-order valence-corrected chi connectivity index (χ2v) is 8.25. The number of hydrogen-bond acceptors (Lipinski definition) is 3. The van der Waals surface area contributed by atoms with Crippen LogP contribution in [0.3, 0.4) is 0 Å². The number of amides is 1. The molecule has 1 atom stereocenters. The Hall–Kier alpha value is -2.25. The molecular formula is C19H23FN2O3S. The van der Waals surface area contributed by atoms with Crippen LogP contribution < -0.4 is 5.32 Å². The summed E-state index contributed by atoms with van der Waals surface area (Å²) in [4.78, 5) is 12.1. The van der Waals surface area contributed by atoms with Crippen molar-refractivity contribution < 1.29 is 17.6 Å². The van der Waals surface area contributed by atoms with Crippen molar-refractivity contribution in [1.82, 2.24) is 9.62 Å². The Kier molecular flexibility index (Phi) is 6.88. The summed E-state index contributed by atoms with van der Waals surface area (Å²) in [6, 6.07) is 14.4. The minimum Gasteiger partial charge on any atom is -0.352 e. The number of aryl methyl sites for hydroxylation is 1. The van der Waals surface area contributed by atoms with E-state index in [1.807, 2.05) is 37.3 Å². The number of rotatable bonds is 8. The maximum absolute atomic E-state index is 13.0. The Labute approximate surface area is 153 Å². The molecule has 26 heavy (non-hydrogen) atoms. The van der Waals surface area contributed by atoms with Crippen molar-refractivity contribution in [3.8, 4) is 0 Å². The van der Waals surface area contributed by atoms with Gasteiger partial charge in [-0.3, -0.25) is 4.79 Å². The fourth-order valence-corrected chi connectivity index (χ4v) is 3.62. The van der Waals surface area contributed by atoms with Gasteiger partial charge in [-0.05, 0) is 49.6 Å². The molecule has 0 radical (unpaired) electrons. The van der Waals surface area contributed by atoms with Gasteiger partial charge >= 0.3 is 0 Å². The van der Waals surface area contributed by atoms with Gasteiger partial charge in [-0.1, -0.05) is 30.3 Å². The van der Waals surface area contributed by atoms with Crippen molar-refractivity contribution in [2.24, 2.45) is 0 Å². The molecular weight excluding hydrogens is 355 g/mol. The first-order valence-electron chi connectivity index (χ1n) is 8.34. The van der Waals surface area contributed by atoms with Crippen LogP contribution in [0.4, 0.5) is 4.39 Å². The lowest BCUT2D eigenvalue weighted by molar-refractivity contribution is -0.121. The van der Waals surface area contributed by atoms with Gasteiger partial charge in [0.15, 0.2) is 0 Å². The average Bonchev–Trinajstić information content (AvgIpc) is 2.61. The molecule has 1 N–H and O–H groups in total. The van der Waals surface area contributed by atoms with E-state index in [4.69, 9.17) is 0 Å². The molecule has 0 bridgehead atoms.